The molecule has 0 aliphatic carbocycles. The molecule has 0 saturated carbocycles. The SMILES string of the molecule is O=NCc1ccc(Br)s1. The number of hydrogen-bond donors (Lipinski definition) is 0. The molecule has 0 atom stereocenters. The van der Waals surface area contributed by atoms with Gasteiger partial charge in [-0.3, -0.25) is 0 Å². The Bertz CT molecular complexity index is 210. The molecular weight excluding hydrogens is 202 g/mol. The van der Waals surface area contributed by atoms with Crippen molar-refractivity contribution < 1.29 is 0 Å². The molecule has 0 aliphatic rings. The van der Waals surface area contributed by atoms with Gasteiger partial charge in [0.05, 0.1) is 3.79 Å². The third-order valence-electron chi connectivity index (χ3n) is 0.849. The van der Waals surface area contributed by atoms with Gasteiger partial charge in [-0.15, -0.1) is 11.3 Å². The van der Waals surface area contributed by atoms with Gasteiger partial charge in [0.2, 0.25) is 0 Å². The monoisotopic (exact) mass is 205 g/mol. The first-order valence-corrected chi connectivity index (χ1v) is 3.97. The molecule has 0 spiro atoms. The largest absolute Gasteiger partial charge is 0.150 e. The lowest BCUT2D eigenvalue weighted by atomic mass is 10.5. The van der Waals surface area contributed by atoms with Crippen LogP contribution in [0.2, 0.25) is 0 Å². The molecule has 0 radical (unpaired) electrons. The highest BCUT2D eigenvalue weighted by molar-refractivity contribution is 9.11. The molecule has 9 heavy (non-hydrogen) atoms. The molecule has 0 bridgehead atoms. The van der Waals surface area contributed by atoms with E-state index in [1.807, 2.05) is 12.1 Å². The van der Waals surface area contributed by atoms with Gasteiger partial charge >= 0.3 is 0 Å². The number of rotatable bonds is 2. The van der Waals surface area contributed by atoms with E-state index in [2.05, 4.69) is 21.1 Å². The maximum Gasteiger partial charge on any atom is 0.115 e. The van der Waals surface area contributed by atoms with Crippen molar-refractivity contribution >= 4 is 27.3 Å². The summed E-state index contributed by atoms with van der Waals surface area (Å²) in [4.78, 5) is 10.7. The predicted octanol–water partition coefficient (Wildman–Crippen LogP) is 2.78. The van der Waals surface area contributed by atoms with E-state index in [4.69, 9.17) is 0 Å². The smallest absolute Gasteiger partial charge is 0.115 e. The lowest BCUT2D eigenvalue weighted by molar-refractivity contribution is 1.09. The van der Waals surface area contributed by atoms with Gasteiger partial charge in [0, 0.05) is 4.88 Å². The van der Waals surface area contributed by atoms with Crippen molar-refractivity contribution in [2.75, 3.05) is 0 Å². The lowest BCUT2D eigenvalue weighted by Crippen LogP contribution is -1.66. The molecule has 0 amide bonds. The highest BCUT2D eigenvalue weighted by Crippen LogP contribution is 2.22. The predicted molar refractivity (Wildman–Crippen MR) is 41.5 cm³/mol. The Kier molecular flexibility index (Phi) is 2.36. The Morgan fingerprint density at radius 2 is 2.44 bits per heavy atom. The van der Waals surface area contributed by atoms with E-state index >= 15 is 0 Å². The Hall–Kier alpha value is -0.220. The molecule has 0 aliphatic heterocycles. The van der Waals surface area contributed by atoms with Crippen LogP contribution in [0.4, 0.5) is 0 Å². The molecule has 1 rings (SSSR count). The van der Waals surface area contributed by atoms with Gasteiger partial charge in [-0.2, -0.15) is 4.91 Å². The zero-order valence-corrected chi connectivity index (χ0v) is 6.91. The maximum atomic E-state index is 9.72. The van der Waals surface area contributed by atoms with Crippen LogP contribution in [0, 0.1) is 4.91 Å². The van der Waals surface area contributed by atoms with Gasteiger partial charge in [-0.25, -0.2) is 0 Å². The Labute approximate surface area is 65.0 Å². The fourth-order valence-electron chi connectivity index (χ4n) is 0.500. The molecule has 0 aromatic carbocycles. The van der Waals surface area contributed by atoms with Crippen LogP contribution in [0.15, 0.2) is 21.1 Å². The normalized spacial score (nSPS) is 9.44. The number of nitrogens with zero attached hydrogens (tertiary/aromatic N) is 1. The highest BCUT2D eigenvalue weighted by atomic mass is 79.9. The van der Waals surface area contributed by atoms with Gasteiger partial charge < -0.3 is 0 Å². The fourth-order valence-corrected chi connectivity index (χ4v) is 1.90. The van der Waals surface area contributed by atoms with Crippen LogP contribution in [0.25, 0.3) is 0 Å². The van der Waals surface area contributed by atoms with Gasteiger partial charge in [0.1, 0.15) is 6.54 Å². The van der Waals surface area contributed by atoms with E-state index in [0.717, 1.165) is 8.66 Å². The lowest BCUT2D eigenvalue weighted by Gasteiger charge is -1.78. The number of hydrogen-bond acceptors (Lipinski definition) is 3. The standard InChI is InChI=1S/C5H4BrNOS/c6-5-2-1-4(9-5)3-7-8/h1-2H,3H2. The second-order valence-corrected chi connectivity index (χ2v) is 4.04. The van der Waals surface area contributed by atoms with E-state index in [9.17, 15) is 4.91 Å². The van der Waals surface area contributed by atoms with E-state index in [0.29, 0.717) is 0 Å². The van der Waals surface area contributed by atoms with Crippen LogP contribution < -0.4 is 0 Å². The van der Waals surface area contributed by atoms with Crippen molar-refractivity contribution in [3.05, 3.63) is 25.7 Å². The highest BCUT2D eigenvalue weighted by Gasteiger charge is 1.94. The Morgan fingerprint density at radius 1 is 1.67 bits per heavy atom. The van der Waals surface area contributed by atoms with Crippen LogP contribution in [-0.4, -0.2) is 0 Å². The third-order valence-corrected chi connectivity index (χ3v) is 2.46. The first kappa shape index (κ1) is 6.89. The van der Waals surface area contributed by atoms with Gasteiger partial charge in [0.25, 0.3) is 0 Å². The second kappa shape index (κ2) is 3.08. The quantitative estimate of drug-likeness (QED) is 0.684. The van der Waals surface area contributed by atoms with Crippen LogP contribution in [0.1, 0.15) is 4.88 Å². The summed E-state index contributed by atoms with van der Waals surface area (Å²) < 4.78 is 1.04. The van der Waals surface area contributed by atoms with Crippen molar-refractivity contribution in [3.8, 4) is 0 Å². The summed E-state index contributed by atoms with van der Waals surface area (Å²) in [6.07, 6.45) is 0. The van der Waals surface area contributed by atoms with Crippen molar-refractivity contribution in [3.63, 3.8) is 0 Å². The molecule has 0 fully saturated rings. The van der Waals surface area contributed by atoms with Crippen molar-refractivity contribution in [1.29, 1.82) is 0 Å². The van der Waals surface area contributed by atoms with Crippen molar-refractivity contribution in [1.82, 2.24) is 0 Å². The van der Waals surface area contributed by atoms with Gasteiger partial charge in [-0.1, -0.05) is 5.18 Å². The summed E-state index contributed by atoms with van der Waals surface area (Å²) in [5, 5.41) is 2.76. The summed E-state index contributed by atoms with van der Waals surface area (Å²) in [7, 11) is 0. The first-order chi connectivity index (χ1) is 4.33. The summed E-state index contributed by atoms with van der Waals surface area (Å²) >= 11 is 4.81. The summed E-state index contributed by atoms with van der Waals surface area (Å²) in [5.74, 6) is 0. The van der Waals surface area contributed by atoms with Gasteiger partial charge in [0.15, 0.2) is 0 Å². The minimum Gasteiger partial charge on any atom is -0.150 e. The minimum absolute atomic E-state index is 0.288. The van der Waals surface area contributed by atoms with Crippen LogP contribution in [-0.2, 0) is 6.54 Å². The molecule has 1 heterocycles. The van der Waals surface area contributed by atoms with Gasteiger partial charge in [-0.05, 0) is 28.1 Å². The summed E-state index contributed by atoms with van der Waals surface area (Å²) in [6.45, 7) is 0.288. The minimum atomic E-state index is 0.288. The van der Waals surface area contributed by atoms with Crippen LogP contribution >= 0.6 is 27.3 Å². The fraction of sp³-hybridized carbons (Fsp3) is 0.200. The summed E-state index contributed by atoms with van der Waals surface area (Å²) in [6, 6.07) is 3.79. The van der Waals surface area contributed by atoms with E-state index in [1.165, 1.54) is 11.3 Å². The topological polar surface area (TPSA) is 29.4 Å². The number of nitroso groups, excluding NO2 is 1. The second-order valence-electron chi connectivity index (χ2n) is 1.49. The van der Waals surface area contributed by atoms with Crippen molar-refractivity contribution in [2.45, 2.75) is 6.54 Å². The van der Waals surface area contributed by atoms with Crippen LogP contribution in [0.5, 0.6) is 0 Å². The third kappa shape index (κ3) is 1.87. The van der Waals surface area contributed by atoms with Crippen molar-refractivity contribution in [2.24, 2.45) is 5.18 Å². The molecule has 0 unspecified atom stereocenters. The molecule has 1 aromatic heterocycles. The molecule has 0 N–H and O–H groups in total. The summed E-state index contributed by atoms with van der Waals surface area (Å²) in [5.41, 5.74) is 0. The average Bonchev–Trinajstić information content (AvgIpc) is 2.17. The Morgan fingerprint density at radius 3 is 2.89 bits per heavy atom. The van der Waals surface area contributed by atoms with E-state index in [-0.39, 0.29) is 6.54 Å². The maximum absolute atomic E-state index is 9.72. The Balaban J connectivity index is 2.72. The molecule has 48 valence electrons. The number of halogens is 1. The van der Waals surface area contributed by atoms with E-state index in [1.54, 1.807) is 0 Å². The first-order valence-electron chi connectivity index (χ1n) is 2.36. The number of thiophene rings is 1. The zero-order chi connectivity index (χ0) is 6.69. The molecular formula is C5H4BrNOS. The van der Waals surface area contributed by atoms with Crippen LogP contribution in [0.3, 0.4) is 0 Å². The van der Waals surface area contributed by atoms with E-state index < -0.39 is 0 Å². The molecule has 2 nitrogen and oxygen atoms in total. The molecule has 1 aromatic rings. The average molecular weight is 206 g/mol. The molecule has 4 heteroatoms. The molecule has 0 saturated heterocycles. The zero-order valence-electron chi connectivity index (χ0n) is 4.50.